The number of amides is 2. The Morgan fingerprint density at radius 1 is 1.09 bits per heavy atom. The normalized spacial score (nSPS) is 18.3. The molecule has 33 heavy (non-hydrogen) atoms. The molecule has 1 aromatic carbocycles. The van der Waals surface area contributed by atoms with Crippen molar-refractivity contribution in [1.29, 1.82) is 0 Å². The summed E-state index contributed by atoms with van der Waals surface area (Å²) in [5.41, 5.74) is 0.803. The summed E-state index contributed by atoms with van der Waals surface area (Å²) in [6.07, 6.45) is 4.00. The maximum atomic E-state index is 14.9. The Balaban J connectivity index is 1.32. The topological polar surface area (TPSA) is 88.8 Å². The van der Waals surface area contributed by atoms with E-state index in [-0.39, 0.29) is 29.3 Å². The van der Waals surface area contributed by atoms with Crippen molar-refractivity contribution in [2.75, 3.05) is 22.9 Å². The molecule has 0 saturated carbocycles. The van der Waals surface area contributed by atoms with Crippen molar-refractivity contribution in [1.82, 2.24) is 10.1 Å². The zero-order chi connectivity index (χ0) is 22.9. The summed E-state index contributed by atoms with van der Waals surface area (Å²) in [4.78, 5) is 31.1. The molecule has 170 valence electrons. The molecule has 10 heteroatoms. The molecule has 2 aliphatic heterocycles. The van der Waals surface area contributed by atoms with Gasteiger partial charge in [-0.15, -0.1) is 0 Å². The van der Waals surface area contributed by atoms with Crippen LogP contribution in [0, 0.1) is 11.6 Å². The maximum Gasteiger partial charge on any atom is 0.414 e. The van der Waals surface area contributed by atoms with Crippen LogP contribution in [0.3, 0.4) is 0 Å². The lowest BCUT2D eigenvalue weighted by Crippen LogP contribution is -2.25. The molecule has 0 N–H and O–H groups in total. The molecule has 2 aromatic heterocycles. The van der Waals surface area contributed by atoms with Gasteiger partial charge in [0, 0.05) is 30.8 Å². The summed E-state index contributed by atoms with van der Waals surface area (Å²) >= 11 is 0. The zero-order valence-corrected chi connectivity index (χ0v) is 17.5. The third-order valence-electron chi connectivity index (χ3n) is 5.81. The average Bonchev–Trinajstić information content (AvgIpc) is 3.54. The third-order valence-corrected chi connectivity index (χ3v) is 5.81. The number of rotatable bonds is 6. The molecule has 2 amide bonds. The van der Waals surface area contributed by atoms with Crippen molar-refractivity contribution in [3.8, 4) is 11.1 Å². The second kappa shape index (κ2) is 8.61. The van der Waals surface area contributed by atoms with Crippen LogP contribution in [0.1, 0.15) is 25.0 Å². The number of benzene rings is 1. The largest absolute Gasteiger partial charge is 0.444 e. The van der Waals surface area contributed by atoms with Gasteiger partial charge in [0.2, 0.25) is 5.91 Å². The number of aromatic nitrogens is 2. The summed E-state index contributed by atoms with van der Waals surface area (Å²) in [5.74, 6) is -1.21. The molecule has 0 spiro atoms. The fourth-order valence-corrected chi connectivity index (χ4v) is 4.13. The highest BCUT2D eigenvalue weighted by Crippen LogP contribution is 2.33. The Morgan fingerprint density at radius 3 is 2.55 bits per heavy atom. The van der Waals surface area contributed by atoms with Crippen LogP contribution in [0.4, 0.5) is 25.1 Å². The summed E-state index contributed by atoms with van der Waals surface area (Å²) in [6, 6.07) is 7.04. The van der Waals surface area contributed by atoms with Crippen molar-refractivity contribution < 1.29 is 27.6 Å². The first kappa shape index (κ1) is 21.0. The van der Waals surface area contributed by atoms with E-state index >= 15 is 0 Å². The minimum atomic E-state index is -0.823. The van der Waals surface area contributed by atoms with Crippen molar-refractivity contribution >= 4 is 23.5 Å². The highest BCUT2D eigenvalue weighted by Gasteiger charge is 2.33. The van der Waals surface area contributed by atoms with Gasteiger partial charge < -0.3 is 9.26 Å². The number of cyclic esters (lactones) is 1. The number of hydrogen-bond donors (Lipinski definition) is 0. The predicted octanol–water partition coefficient (Wildman–Crippen LogP) is 4.10. The van der Waals surface area contributed by atoms with Gasteiger partial charge in [0.15, 0.2) is 0 Å². The minimum Gasteiger partial charge on any atom is -0.444 e. The van der Waals surface area contributed by atoms with E-state index in [1.165, 1.54) is 23.4 Å². The summed E-state index contributed by atoms with van der Waals surface area (Å²) < 4.78 is 40.0. The molecule has 1 atom stereocenters. The first-order chi connectivity index (χ1) is 16.0. The number of carbonyl (C=O) groups excluding carboxylic acids is 2. The van der Waals surface area contributed by atoms with E-state index < -0.39 is 23.8 Å². The lowest BCUT2D eigenvalue weighted by atomic mass is 10.0. The first-order valence-electron chi connectivity index (χ1n) is 10.6. The van der Waals surface area contributed by atoms with Crippen LogP contribution in [0.15, 0.2) is 47.3 Å². The molecular formula is C23H20F2N4O4. The fourth-order valence-electron chi connectivity index (χ4n) is 4.13. The number of carbonyl (C=O) groups is 2. The Hall–Kier alpha value is -3.82. The van der Waals surface area contributed by atoms with Gasteiger partial charge >= 0.3 is 6.09 Å². The van der Waals surface area contributed by atoms with Crippen LogP contribution < -0.4 is 9.80 Å². The molecular weight excluding hydrogens is 434 g/mol. The number of hydrogen-bond acceptors (Lipinski definition) is 6. The number of halogens is 2. The van der Waals surface area contributed by atoms with Crippen molar-refractivity contribution in [2.45, 2.75) is 31.8 Å². The van der Waals surface area contributed by atoms with E-state index in [2.05, 4.69) is 10.1 Å². The Kier molecular flexibility index (Phi) is 5.49. The van der Waals surface area contributed by atoms with Gasteiger partial charge in [-0.25, -0.2) is 18.6 Å². The Bertz CT molecular complexity index is 1160. The van der Waals surface area contributed by atoms with Gasteiger partial charge in [-0.1, -0.05) is 5.16 Å². The molecule has 2 aliphatic rings. The number of aryl methyl sites for hydroxylation is 1. The number of nitrogens with zero attached hydrogens (tertiary/aromatic N) is 4. The van der Waals surface area contributed by atoms with Gasteiger partial charge in [-0.2, -0.15) is 0 Å². The molecule has 0 bridgehead atoms. The van der Waals surface area contributed by atoms with E-state index in [4.69, 9.17) is 9.26 Å². The lowest BCUT2D eigenvalue weighted by Gasteiger charge is -2.16. The van der Waals surface area contributed by atoms with Crippen LogP contribution >= 0.6 is 0 Å². The predicted molar refractivity (Wildman–Crippen MR) is 114 cm³/mol. The van der Waals surface area contributed by atoms with Crippen molar-refractivity contribution in [2.24, 2.45) is 0 Å². The average molecular weight is 454 g/mol. The summed E-state index contributed by atoms with van der Waals surface area (Å²) in [7, 11) is 0. The Morgan fingerprint density at radius 2 is 1.91 bits per heavy atom. The number of ether oxygens (including phenoxy) is 1. The smallest absolute Gasteiger partial charge is 0.414 e. The van der Waals surface area contributed by atoms with Crippen LogP contribution in [-0.2, 0) is 16.0 Å². The van der Waals surface area contributed by atoms with E-state index in [0.29, 0.717) is 31.6 Å². The zero-order valence-electron chi connectivity index (χ0n) is 17.5. The SMILES string of the molecule is O=C1O[C@@H](CCc2ccon2)CN1c1cc(F)c(-c2ccc(N3CCCC3=O)nc2)c(F)c1. The standard InChI is InChI=1S/C23H20F2N4O4/c24-18-10-16(29-13-17(33-23(29)31)5-4-15-7-9-32-27-15)11-19(25)22(18)14-3-6-20(26-12-14)28-8-1-2-21(28)30/h3,6-7,9-12,17H,1-2,4-5,8,13H2/t17-/m0/s1. The van der Waals surface area contributed by atoms with E-state index in [0.717, 1.165) is 24.2 Å². The molecule has 8 nitrogen and oxygen atoms in total. The monoisotopic (exact) mass is 454 g/mol. The Labute approximate surface area is 187 Å². The fraction of sp³-hybridized carbons (Fsp3) is 0.304. The highest BCUT2D eigenvalue weighted by atomic mass is 19.1. The molecule has 4 heterocycles. The molecule has 2 saturated heterocycles. The summed E-state index contributed by atoms with van der Waals surface area (Å²) in [6.45, 7) is 0.753. The minimum absolute atomic E-state index is 0.0196. The van der Waals surface area contributed by atoms with Crippen LogP contribution in [0.5, 0.6) is 0 Å². The third kappa shape index (κ3) is 4.15. The molecule has 0 radical (unpaired) electrons. The lowest BCUT2D eigenvalue weighted by molar-refractivity contribution is -0.117. The quantitative estimate of drug-likeness (QED) is 0.557. The van der Waals surface area contributed by atoms with Gasteiger partial charge in [0.1, 0.15) is 29.8 Å². The van der Waals surface area contributed by atoms with E-state index in [9.17, 15) is 18.4 Å². The molecule has 3 aromatic rings. The second-order valence-electron chi connectivity index (χ2n) is 7.98. The number of anilines is 2. The van der Waals surface area contributed by atoms with Crippen LogP contribution in [0.25, 0.3) is 11.1 Å². The van der Waals surface area contributed by atoms with Crippen LogP contribution in [-0.4, -0.2) is 41.3 Å². The van der Waals surface area contributed by atoms with Gasteiger partial charge in [-0.3, -0.25) is 14.6 Å². The van der Waals surface area contributed by atoms with E-state index in [1.807, 2.05) is 0 Å². The maximum absolute atomic E-state index is 14.9. The van der Waals surface area contributed by atoms with Gasteiger partial charge in [-0.05, 0) is 43.5 Å². The summed E-state index contributed by atoms with van der Waals surface area (Å²) in [5, 5.41) is 3.81. The van der Waals surface area contributed by atoms with Gasteiger partial charge in [0.05, 0.1) is 23.5 Å². The molecule has 2 fully saturated rings. The first-order valence-corrected chi connectivity index (χ1v) is 10.6. The van der Waals surface area contributed by atoms with Crippen molar-refractivity contribution in [3.63, 3.8) is 0 Å². The molecule has 0 unspecified atom stereocenters. The van der Waals surface area contributed by atoms with E-state index in [1.54, 1.807) is 17.0 Å². The number of pyridine rings is 1. The van der Waals surface area contributed by atoms with Crippen LogP contribution in [0.2, 0.25) is 0 Å². The second-order valence-corrected chi connectivity index (χ2v) is 7.98. The molecule has 0 aliphatic carbocycles. The van der Waals surface area contributed by atoms with Gasteiger partial charge in [0.25, 0.3) is 0 Å². The molecule has 5 rings (SSSR count). The highest BCUT2D eigenvalue weighted by molar-refractivity contribution is 5.94. The van der Waals surface area contributed by atoms with Crippen molar-refractivity contribution in [3.05, 3.63) is 60.1 Å².